The summed E-state index contributed by atoms with van der Waals surface area (Å²) in [5.41, 5.74) is 0. The number of hydrogen-bond donors (Lipinski definition) is 4. The van der Waals surface area contributed by atoms with Crippen molar-refractivity contribution in [2.24, 2.45) is 0 Å². The first-order valence-corrected chi connectivity index (χ1v) is 10.0. The van der Waals surface area contributed by atoms with E-state index >= 15 is 0 Å². The fourth-order valence-corrected chi connectivity index (χ4v) is 2.12. The van der Waals surface area contributed by atoms with Crippen molar-refractivity contribution in [3.63, 3.8) is 0 Å². The molecule has 28 heavy (non-hydrogen) atoms. The van der Waals surface area contributed by atoms with Gasteiger partial charge in [0.2, 0.25) is 0 Å². The van der Waals surface area contributed by atoms with Crippen LogP contribution in [0.15, 0.2) is 0 Å². The molecule has 0 saturated heterocycles. The molecule has 0 bridgehead atoms. The maximum atomic E-state index is 11.6. The van der Waals surface area contributed by atoms with Gasteiger partial charge in [0, 0.05) is 46.3 Å². The number of nitrogens with one attached hydrogen (secondary N) is 4. The molecule has 0 spiro atoms. The number of unbranched alkanes of at least 4 members (excludes halogenated alkanes) is 2. The van der Waals surface area contributed by atoms with E-state index in [0.29, 0.717) is 39.3 Å². The molecule has 4 amide bonds. The lowest BCUT2D eigenvalue weighted by molar-refractivity contribution is 0.107. The van der Waals surface area contributed by atoms with Gasteiger partial charge in [-0.2, -0.15) is 0 Å². The van der Waals surface area contributed by atoms with Gasteiger partial charge in [0.15, 0.2) is 0 Å². The molecule has 0 aromatic heterocycles. The van der Waals surface area contributed by atoms with Crippen LogP contribution in [0.2, 0.25) is 0 Å². The van der Waals surface area contributed by atoms with Gasteiger partial charge in [-0.1, -0.05) is 26.7 Å². The Labute approximate surface area is 168 Å². The van der Waals surface area contributed by atoms with Crippen LogP contribution in [0.5, 0.6) is 0 Å². The van der Waals surface area contributed by atoms with E-state index in [0.717, 1.165) is 25.7 Å². The number of alkyl carbamates (subject to hydrolysis) is 2. The molecule has 0 aliphatic heterocycles. The van der Waals surface area contributed by atoms with Crippen LogP contribution in [0.3, 0.4) is 0 Å². The summed E-state index contributed by atoms with van der Waals surface area (Å²) in [7, 11) is 1.54. The lowest BCUT2D eigenvalue weighted by atomic mass is 10.3. The highest BCUT2D eigenvalue weighted by molar-refractivity contribution is 5.73. The number of amides is 4. The Balaban J connectivity index is 4.17. The SMILES string of the molecule is CCCCNC(=O)OCCN(CCNC(=O)NC)CCOC(=O)NCCCC. The molecule has 0 aromatic rings. The quantitative estimate of drug-likeness (QED) is 0.306. The van der Waals surface area contributed by atoms with Gasteiger partial charge in [0.25, 0.3) is 0 Å². The maximum Gasteiger partial charge on any atom is 0.407 e. The van der Waals surface area contributed by atoms with Crippen LogP contribution in [-0.4, -0.2) is 82.6 Å². The van der Waals surface area contributed by atoms with E-state index in [1.165, 1.54) is 0 Å². The first-order chi connectivity index (χ1) is 13.5. The topological polar surface area (TPSA) is 121 Å². The van der Waals surface area contributed by atoms with Gasteiger partial charge in [0.05, 0.1) is 0 Å². The molecule has 0 rings (SSSR count). The second kappa shape index (κ2) is 18.1. The summed E-state index contributed by atoms with van der Waals surface area (Å²) in [4.78, 5) is 36.4. The van der Waals surface area contributed by atoms with Gasteiger partial charge in [0.1, 0.15) is 13.2 Å². The van der Waals surface area contributed by atoms with Gasteiger partial charge in [-0.3, -0.25) is 4.90 Å². The van der Waals surface area contributed by atoms with Gasteiger partial charge in [-0.15, -0.1) is 0 Å². The number of carbonyl (C=O) groups is 3. The summed E-state index contributed by atoms with van der Waals surface area (Å²) in [5.74, 6) is 0. The third-order valence-electron chi connectivity index (χ3n) is 3.82. The molecule has 0 saturated carbocycles. The summed E-state index contributed by atoms with van der Waals surface area (Å²) in [6.45, 7) is 7.59. The highest BCUT2D eigenvalue weighted by atomic mass is 16.6. The molecule has 0 aliphatic carbocycles. The predicted octanol–water partition coefficient (Wildman–Crippen LogP) is 1.27. The Morgan fingerprint density at radius 2 is 1.25 bits per heavy atom. The van der Waals surface area contributed by atoms with Crippen molar-refractivity contribution in [2.75, 3.05) is 59.5 Å². The second-order valence-corrected chi connectivity index (χ2v) is 6.18. The van der Waals surface area contributed by atoms with E-state index in [2.05, 4.69) is 21.3 Å². The normalized spacial score (nSPS) is 10.3. The Bertz CT molecular complexity index is 409. The lowest BCUT2D eigenvalue weighted by Crippen LogP contribution is -2.41. The molecule has 10 heteroatoms. The van der Waals surface area contributed by atoms with Gasteiger partial charge in [-0.05, 0) is 12.8 Å². The van der Waals surface area contributed by atoms with Crippen molar-refractivity contribution in [2.45, 2.75) is 39.5 Å². The largest absolute Gasteiger partial charge is 0.448 e. The molecule has 0 fully saturated rings. The van der Waals surface area contributed by atoms with Crippen molar-refractivity contribution in [3.8, 4) is 0 Å². The van der Waals surface area contributed by atoms with Crippen LogP contribution in [0.4, 0.5) is 14.4 Å². The summed E-state index contributed by atoms with van der Waals surface area (Å²) >= 11 is 0. The Morgan fingerprint density at radius 1 is 0.750 bits per heavy atom. The van der Waals surface area contributed by atoms with Crippen molar-refractivity contribution in [1.29, 1.82) is 0 Å². The van der Waals surface area contributed by atoms with Crippen LogP contribution in [0.1, 0.15) is 39.5 Å². The first kappa shape index (κ1) is 25.8. The molecule has 164 valence electrons. The van der Waals surface area contributed by atoms with Crippen molar-refractivity contribution in [1.82, 2.24) is 26.2 Å². The number of carbonyl (C=O) groups excluding carboxylic acids is 3. The zero-order valence-corrected chi connectivity index (χ0v) is 17.5. The molecule has 4 N–H and O–H groups in total. The monoisotopic (exact) mass is 403 g/mol. The minimum atomic E-state index is -0.441. The molecular formula is C18H37N5O5. The van der Waals surface area contributed by atoms with E-state index in [-0.39, 0.29) is 19.2 Å². The third kappa shape index (κ3) is 16.0. The predicted molar refractivity (Wildman–Crippen MR) is 107 cm³/mol. The third-order valence-corrected chi connectivity index (χ3v) is 3.82. The summed E-state index contributed by atoms with van der Waals surface area (Å²) < 4.78 is 10.3. The second-order valence-electron chi connectivity index (χ2n) is 6.18. The Hall–Kier alpha value is -2.23. The fourth-order valence-electron chi connectivity index (χ4n) is 2.12. The van der Waals surface area contributed by atoms with Gasteiger partial charge in [-0.25, -0.2) is 14.4 Å². The number of ether oxygens (including phenoxy) is 2. The first-order valence-electron chi connectivity index (χ1n) is 10.0. The molecule has 0 aromatic carbocycles. The smallest absolute Gasteiger partial charge is 0.407 e. The molecule has 0 unspecified atom stereocenters. The van der Waals surface area contributed by atoms with E-state index in [9.17, 15) is 14.4 Å². The highest BCUT2D eigenvalue weighted by Gasteiger charge is 2.09. The van der Waals surface area contributed by atoms with Crippen LogP contribution in [0.25, 0.3) is 0 Å². The zero-order valence-electron chi connectivity index (χ0n) is 17.5. The fraction of sp³-hybridized carbons (Fsp3) is 0.833. The van der Waals surface area contributed by atoms with Crippen molar-refractivity contribution < 1.29 is 23.9 Å². The Morgan fingerprint density at radius 3 is 1.68 bits per heavy atom. The van der Waals surface area contributed by atoms with Crippen LogP contribution < -0.4 is 21.3 Å². The standard InChI is InChI=1S/C18H37N5O5/c1-4-6-8-21-17(25)27-14-12-23(11-10-20-16(24)19-3)13-15-28-18(26)22-9-7-5-2/h4-15H2,1-3H3,(H,21,25)(H,22,26)(H2,19,20,24). The number of hydrogen-bond acceptors (Lipinski definition) is 6. The van der Waals surface area contributed by atoms with E-state index < -0.39 is 12.2 Å². The average Bonchev–Trinajstić information content (AvgIpc) is 2.67. The van der Waals surface area contributed by atoms with Crippen molar-refractivity contribution in [3.05, 3.63) is 0 Å². The van der Waals surface area contributed by atoms with Crippen LogP contribution in [0, 0.1) is 0 Å². The molecular weight excluding hydrogens is 366 g/mol. The minimum absolute atomic E-state index is 0.209. The highest BCUT2D eigenvalue weighted by Crippen LogP contribution is 1.92. The summed E-state index contributed by atoms with van der Waals surface area (Å²) in [6.07, 6.45) is 2.93. The average molecular weight is 404 g/mol. The van der Waals surface area contributed by atoms with E-state index in [1.54, 1.807) is 7.05 Å². The minimum Gasteiger partial charge on any atom is -0.448 e. The van der Waals surface area contributed by atoms with Crippen LogP contribution >= 0.6 is 0 Å². The zero-order chi connectivity index (χ0) is 21.0. The van der Waals surface area contributed by atoms with Crippen LogP contribution in [-0.2, 0) is 9.47 Å². The molecule has 0 aliphatic rings. The van der Waals surface area contributed by atoms with Gasteiger partial charge >= 0.3 is 18.2 Å². The maximum absolute atomic E-state index is 11.6. The summed E-state index contributed by atoms with van der Waals surface area (Å²) in [5, 5.41) is 10.5. The van der Waals surface area contributed by atoms with E-state index in [4.69, 9.17) is 9.47 Å². The molecule has 0 atom stereocenters. The summed E-state index contributed by atoms with van der Waals surface area (Å²) in [6, 6.07) is -0.266. The lowest BCUT2D eigenvalue weighted by Gasteiger charge is -2.22. The number of urea groups is 1. The number of rotatable bonds is 15. The molecule has 0 radical (unpaired) electrons. The van der Waals surface area contributed by atoms with E-state index in [1.807, 2.05) is 18.7 Å². The molecule has 10 nitrogen and oxygen atoms in total. The van der Waals surface area contributed by atoms with Gasteiger partial charge < -0.3 is 30.7 Å². The Kier molecular flexibility index (Phi) is 16.7. The number of nitrogens with zero attached hydrogens (tertiary/aromatic N) is 1. The molecule has 0 heterocycles. The van der Waals surface area contributed by atoms with Crippen molar-refractivity contribution >= 4 is 18.2 Å².